The molecule has 2 heterocycles. The highest BCUT2D eigenvalue weighted by Gasteiger charge is 2.31. The lowest BCUT2D eigenvalue weighted by Gasteiger charge is -2.30. The molecule has 3 aromatic rings. The first-order valence-corrected chi connectivity index (χ1v) is 12.3. The summed E-state index contributed by atoms with van der Waals surface area (Å²) in [6, 6.07) is 14.5. The van der Waals surface area contributed by atoms with Crippen LogP contribution < -0.4 is 9.47 Å². The monoisotopic (exact) mass is 459 g/mol. The average Bonchev–Trinajstić information content (AvgIpc) is 3.28. The van der Waals surface area contributed by atoms with Crippen LogP contribution in [0.3, 0.4) is 0 Å². The first kappa shape index (κ1) is 21.7. The molecule has 164 valence electrons. The van der Waals surface area contributed by atoms with Crippen LogP contribution in [-0.4, -0.2) is 50.2 Å². The molecule has 7 nitrogen and oxygen atoms in total. The molecule has 2 aromatic carbocycles. The zero-order chi connectivity index (χ0) is 21.8. The molecule has 0 radical (unpaired) electrons. The normalized spacial score (nSPS) is 15.7. The number of ether oxygens (including phenoxy) is 2. The van der Waals surface area contributed by atoms with Crippen molar-refractivity contribution in [2.75, 3.05) is 27.3 Å². The zero-order valence-corrected chi connectivity index (χ0v) is 19.2. The Bertz CT molecular complexity index is 1100. The molecule has 0 aliphatic carbocycles. The standard InChI is InChI=1S/C22H25N3O4S2/c1-28-18-5-3-16(4-6-18)15-21-23-24-22(30-21)17-11-13-25(14-12-17)31(26,27)20-9-7-19(29-2)8-10-20/h3-10,17H,11-15H2,1-2H3. The van der Waals surface area contributed by atoms with Gasteiger partial charge in [0.15, 0.2) is 0 Å². The molecule has 0 spiro atoms. The smallest absolute Gasteiger partial charge is 0.243 e. The zero-order valence-electron chi connectivity index (χ0n) is 17.5. The summed E-state index contributed by atoms with van der Waals surface area (Å²) in [6.45, 7) is 0.957. The fraction of sp³-hybridized carbons (Fsp3) is 0.364. The predicted octanol–water partition coefficient (Wildman–Crippen LogP) is 3.71. The van der Waals surface area contributed by atoms with Gasteiger partial charge in [-0.15, -0.1) is 21.5 Å². The number of sulfonamides is 1. The third-order valence-corrected chi connectivity index (χ3v) is 8.50. The quantitative estimate of drug-likeness (QED) is 0.536. The van der Waals surface area contributed by atoms with E-state index in [0.717, 1.165) is 40.6 Å². The van der Waals surface area contributed by atoms with Crippen LogP contribution in [0.1, 0.15) is 34.3 Å². The first-order valence-electron chi connectivity index (χ1n) is 10.1. The second-order valence-corrected chi connectivity index (χ2v) is 10.4. The molecule has 31 heavy (non-hydrogen) atoms. The minimum atomic E-state index is -3.50. The maximum atomic E-state index is 12.9. The van der Waals surface area contributed by atoms with E-state index in [-0.39, 0.29) is 5.92 Å². The van der Waals surface area contributed by atoms with E-state index in [4.69, 9.17) is 9.47 Å². The summed E-state index contributed by atoms with van der Waals surface area (Å²) in [7, 11) is -0.287. The summed E-state index contributed by atoms with van der Waals surface area (Å²) in [5.41, 5.74) is 1.16. The van der Waals surface area contributed by atoms with Gasteiger partial charge in [0.1, 0.15) is 21.5 Å². The van der Waals surface area contributed by atoms with Crippen molar-refractivity contribution in [1.29, 1.82) is 0 Å². The summed E-state index contributed by atoms with van der Waals surface area (Å²) in [5, 5.41) is 10.7. The van der Waals surface area contributed by atoms with Gasteiger partial charge in [-0.1, -0.05) is 12.1 Å². The van der Waals surface area contributed by atoms with Gasteiger partial charge >= 0.3 is 0 Å². The van der Waals surface area contributed by atoms with Crippen LogP contribution in [0, 0.1) is 0 Å². The molecule has 0 unspecified atom stereocenters. The van der Waals surface area contributed by atoms with Crippen molar-refractivity contribution in [2.24, 2.45) is 0 Å². The molecule has 0 atom stereocenters. The Kier molecular flexibility index (Phi) is 6.54. The van der Waals surface area contributed by atoms with Crippen LogP contribution in [0.2, 0.25) is 0 Å². The van der Waals surface area contributed by atoms with Crippen molar-refractivity contribution in [3.8, 4) is 11.5 Å². The van der Waals surface area contributed by atoms with Crippen molar-refractivity contribution < 1.29 is 17.9 Å². The molecule has 9 heteroatoms. The molecule has 4 rings (SSSR count). The molecule has 0 amide bonds. The number of aromatic nitrogens is 2. The summed E-state index contributed by atoms with van der Waals surface area (Å²) in [4.78, 5) is 0.296. The third-order valence-electron chi connectivity index (χ3n) is 5.50. The number of piperidine rings is 1. The lowest BCUT2D eigenvalue weighted by Crippen LogP contribution is -2.37. The Morgan fingerprint density at radius 1 is 0.935 bits per heavy atom. The Morgan fingerprint density at radius 2 is 1.52 bits per heavy atom. The van der Waals surface area contributed by atoms with E-state index in [1.165, 1.54) is 0 Å². The van der Waals surface area contributed by atoms with Crippen LogP contribution in [0.15, 0.2) is 53.4 Å². The Hall–Kier alpha value is -2.49. The Balaban J connectivity index is 1.37. The highest BCUT2D eigenvalue weighted by Crippen LogP contribution is 2.33. The molecular formula is C22H25N3O4S2. The van der Waals surface area contributed by atoms with Gasteiger partial charge in [0.25, 0.3) is 0 Å². The number of rotatable bonds is 7. The minimum absolute atomic E-state index is 0.240. The second-order valence-electron chi connectivity index (χ2n) is 7.41. The van der Waals surface area contributed by atoms with Gasteiger partial charge in [0.2, 0.25) is 10.0 Å². The maximum absolute atomic E-state index is 12.9. The third kappa shape index (κ3) is 4.89. The average molecular weight is 460 g/mol. The van der Waals surface area contributed by atoms with E-state index in [1.807, 2.05) is 24.3 Å². The van der Waals surface area contributed by atoms with Crippen LogP contribution >= 0.6 is 11.3 Å². The molecule has 1 saturated heterocycles. The van der Waals surface area contributed by atoms with Gasteiger partial charge in [0, 0.05) is 25.4 Å². The summed E-state index contributed by atoms with van der Waals surface area (Å²) < 4.78 is 37.7. The van der Waals surface area contributed by atoms with Crippen LogP contribution in [-0.2, 0) is 16.4 Å². The number of hydrogen-bond acceptors (Lipinski definition) is 7. The Labute approximate surface area is 186 Å². The van der Waals surface area contributed by atoms with Crippen molar-refractivity contribution in [3.63, 3.8) is 0 Å². The van der Waals surface area contributed by atoms with Crippen molar-refractivity contribution >= 4 is 21.4 Å². The molecule has 1 aromatic heterocycles. The van der Waals surface area contributed by atoms with Gasteiger partial charge < -0.3 is 9.47 Å². The van der Waals surface area contributed by atoms with Crippen molar-refractivity contribution in [1.82, 2.24) is 14.5 Å². The van der Waals surface area contributed by atoms with E-state index in [0.29, 0.717) is 23.7 Å². The predicted molar refractivity (Wildman–Crippen MR) is 119 cm³/mol. The maximum Gasteiger partial charge on any atom is 0.243 e. The van der Waals surface area contributed by atoms with Crippen LogP contribution in [0.25, 0.3) is 0 Å². The fourth-order valence-electron chi connectivity index (χ4n) is 3.66. The van der Waals surface area contributed by atoms with Crippen LogP contribution in [0.4, 0.5) is 0 Å². The molecule has 0 bridgehead atoms. The summed E-state index contributed by atoms with van der Waals surface area (Å²) in [5.74, 6) is 1.71. The van der Waals surface area contributed by atoms with Crippen molar-refractivity contribution in [3.05, 3.63) is 64.1 Å². The van der Waals surface area contributed by atoms with Crippen LogP contribution in [0.5, 0.6) is 11.5 Å². The van der Waals surface area contributed by atoms with E-state index < -0.39 is 10.0 Å². The highest BCUT2D eigenvalue weighted by molar-refractivity contribution is 7.89. The minimum Gasteiger partial charge on any atom is -0.497 e. The van der Waals surface area contributed by atoms with Gasteiger partial charge in [-0.05, 0) is 54.8 Å². The number of hydrogen-bond donors (Lipinski definition) is 0. The molecule has 0 saturated carbocycles. The highest BCUT2D eigenvalue weighted by atomic mass is 32.2. The van der Waals surface area contributed by atoms with Gasteiger partial charge in [-0.25, -0.2) is 8.42 Å². The SMILES string of the molecule is COc1ccc(Cc2nnc(C3CCN(S(=O)(=O)c4ccc(OC)cc4)CC3)s2)cc1. The lowest BCUT2D eigenvalue weighted by molar-refractivity contribution is 0.318. The number of nitrogens with zero attached hydrogens (tertiary/aromatic N) is 3. The van der Waals surface area contributed by atoms with Crippen molar-refractivity contribution in [2.45, 2.75) is 30.1 Å². The Morgan fingerprint density at radius 3 is 2.10 bits per heavy atom. The molecule has 1 aliphatic heterocycles. The van der Waals surface area contributed by atoms with E-state index in [2.05, 4.69) is 10.2 Å². The van der Waals surface area contributed by atoms with E-state index in [1.54, 1.807) is 54.1 Å². The van der Waals surface area contributed by atoms with Gasteiger partial charge in [-0.3, -0.25) is 0 Å². The van der Waals surface area contributed by atoms with E-state index >= 15 is 0 Å². The van der Waals surface area contributed by atoms with E-state index in [9.17, 15) is 8.42 Å². The lowest BCUT2D eigenvalue weighted by atomic mass is 9.99. The number of methoxy groups -OCH3 is 2. The second kappa shape index (κ2) is 9.33. The van der Waals surface area contributed by atoms with Gasteiger partial charge in [-0.2, -0.15) is 4.31 Å². The summed E-state index contributed by atoms with van der Waals surface area (Å²) in [6.07, 6.45) is 2.21. The largest absolute Gasteiger partial charge is 0.497 e. The molecule has 1 aliphatic rings. The van der Waals surface area contributed by atoms with Gasteiger partial charge in [0.05, 0.1) is 19.1 Å². The number of benzene rings is 2. The molecular weight excluding hydrogens is 434 g/mol. The first-order chi connectivity index (χ1) is 15.0. The molecule has 0 N–H and O–H groups in total. The molecule has 1 fully saturated rings. The summed E-state index contributed by atoms with van der Waals surface area (Å²) >= 11 is 1.62. The fourth-order valence-corrected chi connectivity index (χ4v) is 6.18. The topological polar surface area (TPSA) is 81.6 Å².